The maximum Gasteiger partial charge on any atom is 0.273 e. The summed E-state index contributed by atoms with van der Waals surface area (Å²) in [6.45, 7) is 1.84. The van der Waals surface area contributed by atoms with Crippen molar-refractivity contribution in [3.63, 3.8) is 0 Å². The molecule has 0 aliphatic rings. The molecule has 0 radical (unpaired) electrons. The number of nitrogens with two attached hydrogens (primary N) is 1. The number of pyridine rings is 1. The summed E-state index contributed by atoms with van der Waals surface area (Å²) in [6, 6.07) is 9.32. The average Bonchev–Trinajstić information content (AvgIpc) is 2.39. The van der Waals surface area contributed by atoms with Crippen molar-refractivity contribution < 1.29 is 9.66 Å². The van der Waals surface area contributed by atoms with E-state index in [9.17, 15) is 10.1 Å². The number of nitro groups is 1. The molecular weight excluding hydrogens is 246 g/mol. The summed E-state index contributed by atoms with van der Waals surface area (Å²) in [7, 11) is 0. The number of ether oxygens (including phenoxy) is 1. The van der Waals surface area contributed by atoms with Gasteiger partial charge in [0.2, 0.25) is 0 Å². The third kappa shape index (κ3) is 3.26. The smallest absolute Gasteiger partial charge is 0.273 e. The van der Waals surface area contributed by atoms with Crippen molar-refractivity contribution in [1.29, 1.82) is 0 Å². The quantitative estimate of drug-likeness (QED) is 0.673. The van der Waals surface area contributed by atoms with Crippen molar-refractivity contribution in [1.82, 2.24) is 4.98 Å². The number of nitrogens with zero attached hydrogens (tertiary/aromatic N) is 2. The zero-order valence-corrected chi connectivity index (χ0v) is 10.3. The van der Waals surface area contributed by atoms with Gasteiger partial charge in [-0.05, 0) is 25.1 Å². The second kappa shape index (κ2) is 5.45. The normalized spacial score (nSPS) is 11.9. The molecule has 98 valence electrons. The van der Waals surface area contributed by atoms with Gasteiger partial charge in [0.25, 0.3) is 5.69 Å². The maximum absolute atomic E-state index is 10.6. The Bertz CT molecular complexity index is 582. The Balaban J connectivity index is 2.16. The minimum Gasteiger partial charge on any atom is -0.455 e. The summed E-state index contributed by atoms with van der Waals surface area (Å²) in [5, 5.41) is 10.6. The van der Waals surface area contributed by atoms with E-state index in [-0.39, 0.29) is 11.7 Å². The van der Waals surface area contributed by atoms with Crippen LogP contribution in [0.25, 0.3) is 0 Å². The van der Waals surface area contributed by atoms with Crippen LogP contribution in [0.2, 0.25) is 0 Å². The van der Waals surface area contributed by atoms with E-state index in [4.69, 9.17) is 10.5 Å². The lowest BCUT2D eigenvalue weighted by Crippen LogP contribution is -2.06. The Morgan fingerprint density at radius 3 is 2.68 bits per heavy atom. The third-order valence-electron chi connectivity index (χ3n) is 2.49. The molecule has 0 saturated carbocycles. The molecule has 0 saturated heterocycles. The monoisotopic (exact) mass is 259 g/mol. The topological polar surface area (TPSA) is 91.3 Å². The molecule has 0 spiro atoms. The molecule has 0 amide bonds. The van der Waals surface area contributed by atoms with Gasteiger partial charge in [-0.1, -0.05) is 6.07 Å². The zero-order chi connectivity index (χ0) is 13.8. The fraction of sp³-hybridized carbons (Fsp3) is 0.154. The van der Waals surface area contributed by atoms with Crippen LogP contribution in [-0.2, 0) is 0 Å². The van der Waals surface area contributed by atoms with E-state index in [1.807, 2.05) is 6.92 Å². The van der Waals surface area contributed by atoms with E-state index in [0.29, 0.717) is 11.5 Å². The van der Waals surface area contributed by atoms with Crippen molar-refractivity contribution in [3.8, 4) is 11.5 Å². The Morgan fingerprint density at radius 2 is 2.11 bits per heavy atom. The minimum atomic E-state index is -0.468. The van der Waals surface area contributed by atoms with Crippen LogP contribution in [-0.4, -0.2) is 9.91 Å². The van der Waals surface area contributed by atoms with Crippen LogP contribution in [0.15, 0.2) is 42.6 Å². The van der Waals surface area contributed by atoms with Gasteiger partial charge in [-0.2, -0.15) is 0 Å². The summed E-state index contributed by atoms with van der Waals surface area (Å²) in [4.78, 5) is 14.3. The van der Waals surface area contributed by atoms with E-state index >= 15 is 0 Å². The molecule has 0 bridgehead atoms. The first-order valence-corrected chi connectivity index (χ1v) is 5.70. The fourth-order valence-corrected chi connectivity index (χ4v) is 1.52. The van der Waals surface area contributed by atoms with E-state index in [0.717, 1.165) is 5.69 Å². The summed E-state index contributed by atoms with van der Waals surface area (Å²) >= 11 is 0. The van der Waals surface area contributed by atoms with Gasteiger partial charge >= 0.3 is 0 Å². The highest BCUT2D eigenvalue weighted by Crippen LogP contribution is 2.25. The van der Waals surface area contributed by atoms with Crippen LogP contribution in [0.3, 0.4) is 0 Å². The minimum absolute atomic E-state index is 0.0161. The molecule has 6 nitrogen and oxygen atoms in total. The van der Waals surface area contributed by atoms with Crippen molar-refractivity contribution in [2.75, 3.05) is 0 Å². The molecule has 1 atom stereocenters. The largest absolute Gasteiger partial charge is 0.455 e. The Hall–Kier alpha value is -2.47. The van der Waals surface area contributed by atoms with E-state index in [1.54, 1.807) is 24.3 Å². The number of aromatic nitrogens is 1. The third-order valence-corrected chi connectivity index (χ3v) is 2.49. The fourth-order valence-electron chi connectivity index (χ4n) is 1.52. The highest BCUT2D eigenvalue weighted by Gasteiger charge is 2.07. The van der Waals surface area contributed by atoms with Crippen LogP contribution in [0, 0.1) is 10.1 Å². The Labute approximate surface area is 110 Å². The van der Waals surface area contributed by atoms with E-state index < -0.39 is 4.92 Å². The van der Waals surface area contributed by atoms with Gasteiger partial charge in [0.15, 0.2) is 0 Å². The van der Waals surface area contributed by atoms with Crippen LogP contribution in [0.4, 0.5) is 5.69 Å². The van der Waals surface area contributed by atoms with Crippen LogP contribution < -0.4 is 10.5 Å². The first-order valence-electron chi connectivity index (χ1n) is 5.70. The molecule has 1 aromatic heterocycles. The van der Waals surface area contributed by atoms with Gasteiger partial charge in [-0.25, -0.2) is 0 Å². The van der Waals surface area contributed by atoms with Crippen LogP contribution in [0.1, 0.15) is 18.7 Å². The van der Waals surface area contributed by atoms with Gasteiger partial charge in [0, 0.05) is 12.1 Å². The van der Waals surface area contributed by atoms with Crippen molar-refractivity contribution in [3.05, 3.63) is 58.4 Å². The molecular formula is C13H13N3O3. The van der Waals surface area contributed by atoms with Gasteiger partial charge in [-0.15, -0.1) is 0 Å². The molecule has 19 heavy (non-hydrogen) atoms. The summed E-state index contributed by atoms with van der Waals surface area (Å²) in [5.41, 5.74) is 6.43. The van der Waals surface area contributed by atoms with Crippen LogP contribution in [0.5, 0.6) is 11.5 Å². The molecule has 1 heterocycles. The molecule has 2 N–H and O–H groups in total. The highest BCUT2D eigenvalue weighted by atomic mass is 16.6. The number of rotatable bonds is 4. The predicted molar refractivity (Wildman–Crippen MR) is 70.0 cm³/mol. The maximum atomic E-state index is 10.6. The first-order chi connectivity index (χ1) is 9.06. The number of hydrogen-bond acceptors (Lipinski definition) is 5. The SMILES string of the molecule is C[C@@H](N)c1ccc(Oc2cccc([N+](=O)[O-])c2)cn1. The highest BCUT2D eigenvalue weighted by molar-refractivity contribution is 5.40. The van der Waals surface area contributed by atoms with Gasteiger partial charge in [-0.3, -0.25) is 15.1 Å². The standard InChI is InChI=1S/C13H13N3O3/c1-9(14)13-6-5-12(8-15-13)19-11-4-2-3-10(7-11)16(17)18/h2-9H,14H2,1H3/t9-/m1/s1. The van der Waals surface area contributed by atoms with Crippen molar-refractivity contribution in [2.45, 2.75) is 13.0 Å². The lowest BCUT2D eigenvalue weighted by Gasteiger charge is -2.07. The average molecular weight is 259 g/mol. The zero-order valence-electron chi connectivity index (χ0n) is 10.3. The molecule has 0 fully saturated rings. The summed E-state index contributed by atoms with van der Waals surface area (Å²) < 4.78 is 5.50. The molecule has 0 aliphatic heterocycles. The lowest BCUT2D eigenvalue weighted by molar-refractivity contribution is -0.384. The predicted octanol–water partition coefficient (Wildman–Crippen LogP) is 2.80. The number of hydrogen-bond donors (Lipinski definition) is 1. The molecule has 0 unspecified atom stereocenters. The lowest BCUT2D eigenvalue weighted by atomic mass is 10.2. The van der Waals surface area contributed by atoms with E-state index in [2.05, 4.69) is 4.98 Å². The first kappa shape index (κ1) is 13.0. The van der Waals surface area contributed by atoms with Crippen molar-refractivity contribution in [2.24, 2.45) is 5.73 Å². The van der Waals surface area contributed by atoms with Gasteiger partial charge < -0.3 is 10.5 Å². The number of non-ortho nitro benzene ring substituents is 1. The summed E-state index contributed by atoms with van der Waals surface area (Å²) in [6.07, 6.45) is 1.54. The van der Waals surface area contributed by atoms with Crippen molar-refractivity contribution >= 4 is 5.69 Å². The number of benzene rings is 1. The molecule has 6 heteroatoms. The Morgan fingerprint density at radius 1 is 1.32 bits per heavy atom. The van der Waals surface area contributed by atoms with Gasteiger partial charge in [0.1, 0.15) is 11.5 Å². The van der Waals surface area contributed by atoms with Gasteiger partial charge in [0.05, 0.1) is 22.9 Å². The number of nitro benzene ring substituents is 1. The van der Waals surface area contributed by atoms with Crippen LogP contribution >= 0.6 is 0 Å². The summed E-state index contributed by atoms with van der Waals surface area (Å²) in [5.74, 6) is 0.898. The molecule has 1 aromatic carbocycles. The van der Waals surface area contributed by atoms with E-state index in [1.165, 1.54) is 18.3 Å². The molecule has 2 rings (SSSR count). The Kier molecular flexibility index (Phi) is 3.72. The second-order valence-corrected chi connectivity index (χ2v) is 4.06. The second-order valence-electron chi connectivity index (χ2n) is 4.06. The molecule has 2 aromatic rings. The molecule has 0 aliphatic carbocycles.